The van der Waals surface area contributed by atoms with Crippen molar-refractivity contribution < 1.29 is 4.79 Å². The molecule has 1 amide bonds. The molecule has 0 aliphatic rings. The van der Waals surface area contributed by atoms with Crippen LogP contribution in [-0.4, -0.2) is 26.4 Å². The van der Waals surface area contributed by atoms with Gasteiger partial charge in [0.05, 0.1) is 5.75 Å². The topological polar surface area (TPSA) is 59.8 Å². The number of amides is 1. The summed E-state index contributed by atoms with van der Waals surface area (Å²) in [7, 11) is 0. The summed E-state index contributed by atoms with van der Waals surface area (Å²) in [5.41, 5.74) is 6.10. The Labute approximate surface area is 215 Å². The minimum Gasteiger partial charge on any atom is -0.325 e. The van der Waals surface area contributed by atoms with Crippen LogP contribution in [0.25, 0.3) is 17.1 Å². The first-order chi connectivity index (χ1) is 16.6. The van der Waals surface area contributed by atoms with Crippen LogP contribution < -0.4 is 5.32 Å². The third-order valence-electron chi connectivity index (χ3n) is 5.73. The molecule has 5 nitrogen and oxygen atoms in total. The number of thioether (sulfide) groups is 1. The van der Waals surface area contributed by atoms with Crippen molar-refractivity contribution in [3.8, 4) is 17.1 Å². The van der Waals surface area contributed by atoms with E-state index in [0.29, 0.717) is 16.0 Å². The Morgan fingerprint density at radius 2 is 1.66 bits per heavy atom. The molecule has 0 saturated heterocycles. The smallest absolute Gasteiger partial charge is 0.234 e. The van der Waals surface area contributed by atoms with E-state index < -0.39 is 0 Å². The van der Waals surface area contributed by atoms with Crippen LogP contribution in [-0.2, 0) is 10.2 Å². The maximum atomic E-state index is 12.7. The molecule has 1 N–H and O–H groups in total. The standard InChI is InChI=1S/C28H29ClN4OS/c1-18-6-7-19(2)24(16-18)30-25(34)17-35-27-32-31-26(33(27)23-14-12-22(29)13-15-23)20-8-10-21(11-9-20)28(3,4)5/h6-16H,17H2,1-5H3,(H,30,34). The Morgan fingerprint density at radius 1 is 0.971 bits per heavy atom. The molecule has 1 heterocycles. The fourth-order valence-corrected chi connectivity index (χ4v) is 4.56. The van der Waals surface area contributed by atoms with Crippen LogP contribution in [0.2, 0.25) is 5.02 Å². The molecule has 4 rings (SSSR count). The number of hydrogen-bond acceptors (Lipinski definition) is 4. The molecule has 180 valence electrons. The average molecular weight is 505 g/mol. The summed E-state index contributed by atoms with van der Waals surface area (Å²) in [6.07, 6.45) is 0. The molecule has 1 aromatic heterocycles. The van der Waals surface area contributed by atoms with Crippen LogP contribution in [0.15, 0.2) is 71.9 Å². The van der Waals surface area contributed by atoms with Crippen molar-refractivity contribution in [2.45, 2.75) is 45.2 Å². The highest BCUT2D eigenvalue weighted by Crippen LogP contribution is 2.31. The zero-order valence-corrected chi connectivity index (χ0v) is 22.2. The molecule has 0 aliphatic carbocycles. The predicted molar refractivity (Wildman–Crippen MR) is 146 cm³/mol. The molecule has 3 aromatic carbocycles. The van der Waals surface area contributed by atoms with Gasteiger partial charge in [-0.25, -0.2) is 0 Å². The Bertz CT molecular complexity index is 1340. The van der Waals surface area contributed by atoms with Crippen LogP contribution in [0.3, 0.4) is 0 Å². The predicted octanol–water partition coefficient (Wildman–Crippen LogP) is 7.23. The normalized spacial score (nSPS) is 11.5. The molecule has 0 atom stereocenters. The van der Waals surface area contributed by atoms with E-state index in [1.807, 2.05) is 60.9 Å². The van der Waals surface area contributed by atoms with Crippen LogP contribution in [0.5, 0.6) is 0 Å². The number of benzene rings is 3. The first-order valence-corrected chi connectivity index (χ1v) is 12.8. The molecule has 0 radical (unpaired) electrons. The Morgan fingerprint density at radius 3 is 2.31 bits per heavy atom. The lowest BCUT2D eigenvalue weighted by atomic mass is 9.87. The highest BCUT2D eigenvalue weighted by atomic mass is 35.5. The molecule has 0 fully saturated rings. The van der Waals surface area contributed by atoms with Gasteiger partial charge in [-0.05, 0) is 66.3 Å². The summed E-state index contributed by atoms with van der Waals surface area (Å²) in [6, 6.07) is 21.9. The molecule has 0 aliphatic heterocycles. The van der Waals surface area contributed by atoms with E-state index in [2.05, 4.69) is 60.6 Å². The number of aromatic nitrogens is 3. The molecule has 35 heavy (non-hydrogen) atoms. The quantitative estimate of drug-likeness (QED) is 0.281. The van der Waals surface area contributed by atoms with Gasteiger partial charge in [0.1, 0.15) is 0 Å². The second kappa shape index (κ2) is 10.3. The van der Waals surface area contributed by atoms with Gasteiger partial charge in [0, 0.05) is 22.0 Å². The number of nitrogens with zero attached hydrogens (tertiary/aromatic N) is 3. The van der Waals surface area contributed by atoms with E-state index in [1.165, 1.54) is 17.3 Å². The van der Waals surface area contributed by atoms with Gasteiger partial charge in [0.15, 0.2) is 11.0 Å². The SMILES string of the molecule is Cc1ccc(C)c(NC(=O)CSc2nnc(-c3ccc(C(C)(C)C)cc3)n2-c2ccc(Cl)cc2)c1. The van der Waals surface area contributed by atoms with Gasteiger partial charge < -0.3 is 5.32 Å². The van der Waals surface area contributed by atoms with Crippen LogP contribution in [0.1, 0.15) is 37.5 Å². The number of carbonyl (C=O) groups excluding carboxylic acids is 1. The van der Waals surface area contributed by atoms with E-state index in [1.54, 1.807) is 0 Å². The van der Waals surface area contributed by atoms with Gasteiger partial charge in [0.25, 0.3) is 0 Å². The first-order valence-electron chi connectivity index (χ1n) is 11.4. The molecule has 0 spiro atoms. The molecule has 0 unspecified atom stereocenters. The Kier molecular flexibility index (Phi) is 7.33. The largest absolute Gasteiger partial charge is 0.325 e. The van der Waals surface area contributed by atoms with Crippen molar-refractivity contribution in [2.75, 3.05) is 11.1 Å². The maximum Gasteiger partial charge on any atom is 0.234 e. The molecular formula is C28H29ClN4OS. The lowest BCUT2D eigenvalue weighted by Crippen LogP contribution is -2.15. The number of carbonyl (C=O) groups is 1. The molecule has 7 heteroatoms. The number of nitrogens with one attached hydrogen (secondary N) is 1. The lowest BCUT2D eigenvalue weighted by molar-refractivity contribution is -0.113. The highest BCUT2D eigenvalue weighted by molar-refractivity contribution is 7.99. The van der Waals surface area contributed by atoms with E-state index in [-0.39, 0.29) is 17.1 Å². The summed E-state index contributed by atoms with van der Waals surface area (Å²) in [6.45, 7) is 10.6. The third kappa shape index (κ3) is 5.95. The highest BCUT2D eigenvalue weighted by Gasteiger charge is 2.19. The summed E-state index contributed by atoms with van der Waals surface area (Å²) in [5, 5.41) is 13.2. The van der Waals surface area contributed by atoms with E-state index in [0.717, 1.165) is 28.1 Å². The summed E-state index contributed by atoms with van der Waals surface area (Å²) >= 11 is 7.49. The van der Waals surface area contributed by atoms with E-state index in [9.17, 15) is 4.79 Å². The molecule has 0 bridgehead atoms. The monoisotopic (exact) mass is 504 g/mol. The third-order valence-corrected chi connectivity index (χ3v) is 6.91. The fraction of sp³-hybridized carbons (Fsp3) is 0.250. The summed E-state index contributed by atoms with van der Waals surface area (Å²) in [5.74, 6) is 0.831. The van der Waals surface area contributed by atoms with Crippen molar-refractivity contribution >= 4 is 35.0 Å². The van der Waals surface area contributed by atoms with Crippen LogP contribution >= 0.6 is 23.4 Å². The van der Waals surface area contributed by atoms with Crippen molar-refractivity contribution in [3.63, 3.8) is 0 Å². The number of rotatable bonds is 6. The second-order valence-corrected chi connectivity index (χ2v) is 11.0. The second-order valence-electron chi connectivity index (χ2n) is 9.60. The lowest BCUT2D eigenvalue weighted by Gasteiger charge is -2.19. The molecular weight excluding hydrogens is 476 g/mol. The van der Waals surface area contributed by atoms with Crippen molar-refractivity contribution in [1.29, 1.82) is 0 Å². The van der Waals surface area contributed by atoms with Gasteiger partial charge >= 0.3 is 0 Å². The van der Waals surface area contributed by atoms with Crippen LogP contribution in [0, 0.1) is 13.8 Å². The maximum absolute atomic E-state index is 12.7. The molecule has 4 aromatic rings. The number of anilines is 1. The van der Waals surface area contributed by atoms with Gasteiger partial charge in [-0.15, -0.1) is 10.2 Å². The first kappa shape index (κ1) is 25.0. The summed E-state index contributed by atoms with van der Waals surface area (Å²) in [4.78, 5) is 12.7. The van der Waals surface area contributed by atoms with Gasteiger partial charge in [0.2, 0.25) is 5.91 Å². The molecule has 0 saturated carbocycles. The fourth-order valence-electron chi connectivity index (χ4n) is 3.68. The zero-order chi connectivity index (χ0) is 25.2. The van der Waals surface area contributed by atoms with Crippen molar-refractivity contribution in [2.24, 2.45) is 0 Å². The average Bonchev–Trinajstić information content (AvgIpc) is 3.24. The van der Waals surface area contributed by atoms with Crippen LogP contribution in [0.4, 0.5) is 5.69 Å². The van der Waals surface area contributed by atoms with E-state index >= 15 is 0 Å². The number of hydrogen-bond donors (Lipinski definition) is 1. The Hall–Kier alpha value is -3.09. The van der Waals surface area contributed by atoms with Gasteiger partial charge in [-0.2, -0.15) is 0 Å². The van der Waals surface area contributed by atoms with Gasteiger partial charge in [-0.1, -0.05) is 80.5 Å². The van der Waals surface area contributed by atoms with Crippen molar-refractivity contribution in [1.82, 2.24) is 14.8 Å². The van der Waals surface area contributed by atoms with Gasteiger partial charge in [-0.3, -0.25) is 9.36 Å². The Balaban J connectivity index is 1.62. The van der Waals surface area contributed by atoms with E-state index in [4.69, 9.17) is 11.6 Å². The minimum atomic E-state index is -0.0922. The summed E-state index contributed by atoms with van der Waals surface area (Å²) < 4.78 is 1.97. The van der Waals surface area contributed by atoms with Crippen molar-refractivity contribution in [3.05, 3.63) is 88.4 Å². The zero-order valence-electron chi connectivity index (χ0n) is 20.6. The minimum absolute atomic E-state index is 0.0619. The number of halogens is 1. The number of aryl methyl sites for hydroxylation is 2.